The van der Waals surface area contributed by atoms with Crippen LogP contribution < -0.4 is 14.8 Å². The molecule has 0 aliphatic heterocycles. The lowest BCUT2D eigenvalue weighted by molar-refractivity contribution is 0.0502. The molecular formula is C105H83Cl2NO19S. The van der Waals surface area contributed by atoms with Gasteiger partial charge in [-0.05, 0) is 146 Å². The van der Waals surface area contributed by atoms with Crippen molar-refractivity contribution in [3.63, 3.8) is 0 Å². The zero-order valence-electron chi connectivity index (χ0n) is 68.7. The number of amides is 1. The summed E-state index contributed by atoms with van der Waals surface area (Å²) in [5, 5.41) is 121. The molecular weight excluding hydrogens is 1680 g/mol. The highest BCUT2D eigenvalue weighted by Crippen LogP contribution is 2.52. The van der Waals surface area contributed by atoms with Crippen molar-refractivity contribution in [3.05, 3.63) is 361 Å². The van der Waals surface area contributed by atoms with E-state index < -0.39 is 50.5 Å². The number of aromatic hydroxyl groups is 6. The Bertz CT molecular complexity index is 6810. The van der Waals surface area contributed by atoms with E-state index in [0.29, 0.717) is 59.8 Å². The van der Waals surface area contributed by atoms with Gasteiger partial charge in [0.05, 0.1) is 30.4 Å². The monoisotopic (exact) mass is 1760 g/mol. The van der Waals surface area contributed by atoms with Gasteiger partial charge in [-0.15, -0.1) is 0 Å². The lowest BCUT2D eigenvalue weighted by atomic mass is 9.86. The molecule has 0 saturated heterocycles. The number of aliphatic hydroxyl groups is 2. The minimum absolute atomic E-state index is 0.0471. The van der Waals surface area contributed by atoms with Gasteiger partial charge in [0.15, 0.2) is 19.4 Å². The van der Waals surface area contributed by atoms with Crippen LogP contribution in [0.2, 0.25) is 0 Å². The SMILES string of the molecule is COCOc1ccc2ccccc2c1-c1c(OCOC)ccc2ccccc12.O=C(CC(CO)c1ccccc1)c1cc2ccccc2c(-c2c(O)c(C(=O)NC(CO)c3ccccc3)cc3ccccc23)c1O.O=C(O)c1cc2ccccc2c(-c2c(O)c(C(=O)O)cc3ccccc23)c1O.O=S(Cl)Cl.Oc1ccc2ccccc2c1-c1c(O)ccc2ccccc12. The van der Waals surface area contributed by atoms with Crippen LogP contribution in [0, 0.1) is 0 Å². The molecule has 23 heteroatoms. The van der Waals surface area contributed by atoms with Crippen LogP contribution in [0.15, 0.2) is 328 Å². The molecule has 1 amide bonds. The summed E-state index contributed by atoms with van der Waals surface area (Å²) in [6, 6.07) is 98.9. The molecule has 18 rings (SSSR count). The number of phenols is 6. The van der Waals surface area contributed by atoms with E-state index in [9.17, 15) is 70.2 Å². The second-order valence-corrected chi connectivity index (χ2v) is 32.1. The normalized spacial score (nSPS) is 11.5. The first kappa shape index (κ1) is 89.4. The van der Waals surface area contributed by atoms with Crippen molar-refractivity contribution in [3.8, 4) is 90.5 Å². The van der Waals surface area contributed by atoms with Crippen molar-refractivity contribution < 1.29 is 93.4 Å². The molecule has 642 valence electrons. The highest BCUT2D eigenvalue weighted by molar-refractivity contribution is 8.26. The van der Waals surface area contributed by atoms with Gasteiger partial charge in [-0.3, -0.25) is 9.59 Å². The van der Waals surface area contributed by atoms with E-state index in [2.05, 4.69) is 63.1 Å². The molecule has 11 N–H and O–H groups in total. The number of ether oxygens (including phenoxy) is 4. The standard InChI is InChI=1S/C39H33NO6.C24H22O4.C22H14O6.C20H14O2.Cl2OS/c41-22-28(24-11-3-1-4-12-24)21-34(43)31-19-26-15-7-9-17-29(26)35(37(31)44)36-30-18-10-8-16-27(30)20-32(38(36)45)39(46)40-33(23-42)25-13-5-2-6-14-25;1-25-15-27-21-13-11-17-7-3-5-9-19(17)23(21)24-20-10-6-4-8-18(20)12-14-22(24)28-16-26-2;23-19-15(21(25)26)9-11-5-1-3-7-13(11)17(19)18-14-8-4-2-6-12(14)10-16(20(18)24)22(27)28;21-17-11-9-13-5-1-3-7-15(13)19(17)20-16-8-4-2-6-14(16)10-12-18(20)22;1-4(2)3/h1-20,28,33,41-42,44-45H,21-23H2,(H,40,46);3-14H,15-16H2,1-2H3;1-10,23-24H,(H,25,26)(H,27,28);1-12,21-22H;. The van der Waals surface area contributed by atoms with Crippen molar-refractivity contribution in [2.45, 2.75) is 18.4 Å². The molecule has 0 aliphatic rings. The van der Waals surface area contributed by atoms with Crippen molar-refractivity contribution in [1.29, 1.82) is 0 Å². The average molecular weight is 1770 g/mol. The van der Waals surface area contributed by atoms with Crippen LogP contribution >= 0.6 is 21.4 Å². The average Bonchev–Trinajstić information content (AvgIpc) is 0.737. The summed E-state index contributed by atoms with van der Waals surface area (Å²) in [6.07, 6.45) is -0.0525. The fraction of sp³-hybridized carbons (Fsp3) is 0.0857. The maximum Gasteiger partial charge on any atom is 0.339 e. The number of aliphatic hydroxyl groups excluding tert-OH is 2. The van der Waals surface area contributed by atoms with Crippen LogP contribution in [-0.2, 0) is 18.7 Å². The molecule has 0 fully saturated rings. The maximum absolute atomic E-state index is 13.8. The van der Waals surface area contributed by atoms with E-state index in [-0.39, 0.29) is 107 Å². The van der Waals surface area contributed by atoms with E-state index in [1.807, 2.05) is 152 Å². The molecule has 0 aliphatic carbocycles. The molecule has 0 aromatic heterocycles. The van der Waals surface area contributed by atoms with Crippen LogP contribution in [-0.4, -0.2) is 120 Å². The summed E-state index contributed by atoms with van der Waals surface area (Å²) in [5.41, 5.74) is 4.72. The molecule has 128 heavy (non-hydrogen) atoms. The number of nitrogens with one attached hydrogen (secondary N) is 1. The lowest BCUT2D eigenvalue weighted by Crippen LogP contribution is -2.30. The number of carbonyl (C=O) groups excluding carboxylic acids is 2. The number of hydrogen-bond acceptors (Lipinski definition) is 17. The number of ketones is 1. The molecule has 0 heterocycles. The highest BCUT2D eigenvalue weighted by atomic mass is 36.0. The predicted octanol–water partition coefficient (Wildman–Crippen LogP) is 23.1. The van der Waals surface area contributed by atoms with Crippen LogP contribution in [0.5, 0.6) is 46.0 Å². The van der Waals surface area contributed by atoms with Gasteiger partial charge < -0.3 is 75.3 Å². The van der Waals surface area contributed by atoms with Crippen molar-refractivity contribution in [1.82, 2.24) is 5.32 Å². The fourth-order valence-corrected chi connectivity index (χ4v) is 16.1. The fourth-order valence-electron chi connectivity index (χ4n) is 16.1. The Labute approximate surface area is 745 Å². The van der Waals surface area contributed by atoms with Gasteiger partial charge in [0.25, 0.3) is 5.91 Å². The van der Waals surface area contributed by atoms with Gasteiger partial charge in [0.1, 0.15) is 57.1 Å². The second-order valence-electron chi connectivity index (χ2n) is 29.6. The van der Waals surface area contributed by atoms with Crippen LogP contribution in [0.25, 0.3) is 131 Å². The van der Waals surface area contributed by atoms with Gasteiger partial charge in [0, 0.05) is 92.4 Å². The van der Waals surface area contributed by atoms with E-state index in [1.165, 1.54) is 12.1 Å². The van der Waals surface area contributed by atoms with Gasteiger partial charge in [-0.1, -0.05) is 279 Å². The Kier molecular flexibility index (Phi) is 28.5. The topological polar surface area (TPSA) is 337 Å². The number of Topliss-reactive ketones (excluding diaryl/α,β-unsaturated/α-hetero) is 1. The van der Waals surface area contributed by atoms with Gasteiger partial charge in [-0.2, -0.15) is 0 Å². The van der Waals surface area contributed by atoms with Gasteiger partial charge in [-0.25, -0.2) is 13.8 Å². The second kappa shape index (κ2) is 40.8. The third-order valence-electron chi connectivity index (χ3n) is 22.0. The van der Waals surface area contributed by atoms with Crippen molar-refractivity contribution >= 4 is 140 Å². The minimum Gasteiger partial charge on any atom is -0.507 e. The Morgan fingerprint density at radius 3 is 0.930 bits per heavy atom. The largest absolute Gasteiger partial charge is 0.507 e. The van der Waals surface area contributed by atoms with E-state index in [0.717, 1.165) is 71.3 Å². The quantitative estimate of drug-likeness (QED) is 0.0181. The third kappa shape index (κ3) is 19.2. The summed E-state index contributed by atoms with van der Waals surface area (Å²) in [4.78, 5) is 50.9. The highest BCUT2D eigenvalue weighted by Gasteiger charge is 2.31. The Morgan fingerprint density at radius 2 is 0.602 bits per heavy atom. The van der Waals surface area contributed by atoms with Crippen LogP contribution in [0.4, 0.5) is 0 Å². The number of rotatable bonds is 21. The number of fused-ring (bicyclic) bond motifs is 8. The van der Waals surface area contributed by atoms with E-state index in [4.69, 9.17) is 23.2 Å². The molecule has 0 spiro atoms. The molecule has 2 unspecified atom stereocenters. The number of methoxy groups -OCH3 is 2. The first-order valence-corrected chi connectivity index (χ1v) is 43.0. The number of carboxylic acid groups (broad SMARTS) is 2. The molecule has 18 aromatic rings. The maximum atomic E-state index is 13.8. The summed E-state index contributed by atoms with van der Waals surface area (Å²) >= 11 is 0. The summed E-state index contributed by atoms with van der Waals surface area (Å²) in [5.74, 6) is -4.06. The predicted molar refractivity (Wildman–Crippen MR) is 505 cm³/mol. The molecule has 20 nitrogen and oxygen atoms in total. The van der Waals surface area contributed by atoms with Crippen molar-refractivity contribution in [2.75, 3.05) is 41.0 Å². The Hall–Kier alpha value is -14.9. The number of benzene rings is 18. The summed E-state index contributed by atoms with van der Waals surface area (Å²) in [7, 11) is 10.6. The Morgan fingerprint density at radius 1 is 0.328 bits per heavy atom. The summed E-state index contributed by atoms with van der Waals surface area (Å²) < 4.78 is 31.3. The lowest BCUT2D eigenvalue weighted by Gasteiger charge is -2.21. The minimum atomic E-state index is -1.67. The number of phenolic OH excluding ortho intramolecular Hbond substituents is 4. The Balaban J connectivity index is 0.000000141. The molecule has 2 atom stereocenters. The zero-order valence-corrected chi connectivity index (χ0v) is 71.0. The zero-order chi connectivity index (χ0) is 90.2. The number of halogens is 2. The van der Waals surface area contributed by atoms with Crippen molar-refractivity contribution in [2.24, 2.45) is 0 Å². The number of carboxylic acids is 2. The third-order valence-corrected chi connectivity index (χ3v) is 22.0. The number of carbonyl (C=O) groups is 4. The van der Waals surface area contributed by atoms with Crippen LogP contribution in [0.3, 0.4) is 0 Å². The first-order chi connectivity index (χ1) is 62.1. The van der Waals surface area contributed by atoms with Gasteiger partial charge >= 0.3 is 11.9 Å². The first-order valence-electron chi connectivity index (χ1n) is 40.2. The number of aromatic carboxylic acids is 2. The van der Waals surface area contributed by atoms with Gasteiger partial charge in [0.2, 0.25) is 9.23 Å². The van der Waals surface area contributed by atoms with E-state index >= 15 is 0 Å². The smallest absolute Gasteiger partial charge is 0.339 e. The molecule has 0 saturated carbocycles. The van der Waals surface area contributed by atoms with E-state index in [1.54, 1.807) is 142 Å². The summed E-state index contributed by atoms with van der Waals surface area (Å²) in [6.45, 7) is -0.267. The van der Waals surface area contributed by atoms with Crippen LogP contribution in [0.1, 0.15) is 70.9 Å². The molecule has 18 aromatic carbocycles. The molecule has 0 bridgehead atoms. The molecule has 0 radical (unpaired) electrons. The number of hydrogen-bond donors (Lipinski definition) is 11.